The van der Waals surface area contributed by atoms with Crippen molar-refractivity contribution >= 4 is 44.0 Å². The Balaban J connectivity index is 2.13. The van der Waals surface area contributed by atoms with Crippen molar-refractivity contribution in [2.45, 2.75) is 5.51 Å². The smallest absolute Gasteiger partial charge is 0.506 e. The molecule has 0 aliphatic rings. The SMILES string of the molecule is N/N=C(/C(=O)c1ccc(O)c(Cl)c1)c1ccc(OS(=O)(=O)C(F)(F)F)c2ccccc12. The number of hydrogen-bond donors (Lipinski definition) is 2. The first kappa shape index (κ1) is 22.4. The zero-order valence-electron chi connectivity index (χ0n) is 15.2. The molecule has 0 amide bonds. The number of hydrogen-bond acceptors (Lipinski definition) is 7. The largest absolute Gasteiger partial charge is 0.534 e. The molecule has 162 valence electrons. The molecule has 0 unspecified atom stereocenters. The van der Waals surface area contributed by atoms with Crippen LogP contribution in [0.4, 0.5) is 13.2 Å². The third kappa shape index (κ3) is 4.28. The van der Waals surface area contributed by atoms with Crippen molar-refractivity contribution in [3.05, 3.63) is 70.7 Å². The van der Waals surface area contributed by atoms with Gasteiger partial charge in [-0.1, -0.05) is 35.9 Å². The number of nitrogens with two attached hydrogens (primary N) is 1. The number of benzene rings is 3. The predicted octanol–water partition coefficient (Wildman–Crippen LogP) is 3.97. The van der Waals surface area contributed by atoms with Gasteiger partial charge in [0.15, 0.2) is 5.75 Å². The van der Waals surface area contributed by atoms with Crippen molar-refractivity contribution < 1.29 is 35.7 Å². The topological polar surface area (TPSA) is 119 Å². The summed E-state index contributed by atoms with van der Waals surface area (Å²) >= 11 is 5.83. The van der Waals surface area contributed by atoms with E-state index in [1.807, 2.05) is 0 Å². The summed E-state index contributed by atoms with van der Waals surface area (Å²) in [6.07, 6.45) is 0. The van der Waals surface area contributed by atoms with Gasteiger partial charge in [-0.2, -0.15) is 26.7 Å². The number of nitrogens with zero attached hydrogens (tertiary/aromatic N) is 1. The zero-order chi connectivity index (χ0) is 23.0. The normalized spacial score (nSPS) is 12.7. The summed E-state index contributed by atoms with van der Waals surface area (Å²) in [6.45, 7) is 0. The Kier molecular flexibility index (Phi) is 5.83. The maximum Gasteiger partial charge on any atom is 0.534 e. The summed E-state index contributed by atoms with van der Waals surface area (Å²) in [5, 5.41) is 13.1. The first-order valence-electron chi connectivity index (χ1n) is 8.30. The van der Waals surface area contributed by atoms with Gasteiger partial charge in [0.1, 0.15) is 11.5 Å². The highest BCUT2D eigenvalue weighted by molar-refractivity contribution is 7.88. The average molecular weight is 473 g/mol. The number of aromatic hydroxyl groups is 1. The molecule has 0 heterocycles. The van der Waals surface area contributed by atoms with E-state index in [0.717, 1.165) is 12.1 Å². The molecule has 7 nitrogen and oxygen atoms in total. The molecular weight excluding hydrogens is 461 g/mol. The van der Waals surface area contributed by atoms with Crippen molar-refractivity contribution in [2.24, 2.45) is 10.9 Å². The van der Waals surface area contributed by atoms with E-state index >= 15 is 0 Å². The van der Waals surface area contributed by atoms with Gasteiger partial charge in [-0.15, -0.1) is 0 Å². The van der Waals surface area contributed by atoms with Crippen molar-refractivity contribution in [1.29, 1.82) is 0 Å². The number of fused-ring (bicyclic) bond motifs is 1. The van der Waals surface area contributed by atoms with Crippen LogP contribution < -0.4 is 10.0 Å². The van der Waals surface area contributed by atoms with Gasteiger partial charge in [0.2, 0.25) is 5.78 Å². The maximum atomic E-state index is 12.9. The van der Waals surface area contributed by atoms with Crippen LogP contribution in [0.2, 0.25) is 5.02 Å². The lowest BCUT2D eigenvalue weighted by Gasteiger charge is -2.14. The molecule has 0 fully saturated rings. The quantitative estimate of drug-likeness (QED) is 0.145. The predicted molar refractivity (Wildman–Crippen MR) is 108 cm³/mol. The number of hydrazone groups is 1. The second-order valence-corrected chi connectivity index (χ2v) is 8.06. The summed E-state index contributed by atoms with van der Waals surface area (Å²) in [5.74, 6) is 3.88. The Morgan fingerprint density at radius 3 is 2.29 bits per heavy atom. The van der Waals surface area contributed by atoms with Crippen LogP contribution in [0, 0.1) is 0 Å². The molecule has 3 aromatic rings. The van der Waals surface area contributed by atoms with Crippen LogP contribution in [-0.2, 0) is 10.1 Å². The first-order valence-corrected chi connectivity index (χ1v) is 10.1. The number of Topliss-reactive ketones (excluding diaryl/α,β-unsaturated/α-hetero) is 1. The molecule has 3 aromatic carbocycles. The molecule has 0 spiro atoms. The fraction of sp³-hybridized carbons (Fsp3) is 0.0526. The third-order valence-corrected chi connectivity index (χ3v) is 5.44. The number of rotatable bonds is 5. The Labute approximate surface area is 178 Å². The van der Waals surface area contributed by atoms with Crippen LogP contribution in [0.1, 0.15) is 15.9 Å². The highest BCUT2D eigenvalue weighted by Gasteiger charge is 2.48. The Morgan fingerprint density at radius 2 is 1.71 bits per heavy atom. The number of phenolic OH excluding ortho intramolecular Hbond substituents is 1. The van der Waals surface area contributed by atoms with Crippen molar-refractivity contribution in [3.8, 4) is 11.5 Å². The standard InChI is InChI=1S/C19H12ClF3N2O5S/c20-14-9-10(5-7-15(14)26)18(27)17(25-24)13-6-8-16(12-4-2-1-3-11(12)13)30-31(28,29)19(21,22)23/h1-9,26H,24H2/b25-17+. The minimum atomic E-state index is -5.91. The van der Waals surface area contributed by atoms with Crippen LogP contribution in [-0.4, -0.2) is 30.5 Å². The minimum absolute atomic E-state index is 0.0227. The number of ketones is 1. The highest BCUT2D eigenvalue weighted by Crippen LogP contribution is 2.34. The molecule has 0 aromatic heterocycles. The van der Waals surface area contributed by atoms with Crippen molar-refractivity contribution in [2.75, 3.05) is 0 Å². The Bertz CT molecular complexity index is 1320. The summed E-state index contributed by atoms with van der Waals surface area (Å²) in [6, 6.07) is 11.5. The van der Waals surface area contributed by atoms with E-state index in [2.05, 4.69) is 9.28 Å². The molecule has 12 heteroatoms. The van der Waals surface area contributed by atoms with Gasteiger partial charge in [-0.05, 0) is 35.7 Å². The lowest BCUT2D eigenvalue weighted by Crippen LogP contribution is -2.28. The number of alkyl halides is 3. The van der Waals surface area contributed by atoms with Gasteiger partial charge in [-0.25, -0.2) is 0 Å². The number of carbonyl (C=O) groups is 1. The fourth-order valence-corrected chi connectivity index (χ4v) is 3.41. The van der Waals surface area contributed by atoms with Crippen LogP contribution >= 0.6 is 11.6 Å². The second kappa shape index (κ2) is 8.08. The maximum absolute atomic E-state index is 12.9. The summed E-state index contributed by atoms with van der Waals surface area (Å²) in [7, 11) is -5.91. The van der Waals surface area contributed by atoms with Crippen molar-refractivity contribution in [1.82, 2.24) is 0 Å². The van der Waals surface area contributed by atoms with Gasteiger partial charge in [0, 0.05) is 16.5 Å². The van der Waals surface area contributed by atoms with Crippen LogP contribution in [0.5, 0.6) is 11.5 Å². The number of phenols is 1. The highest BCUT2D eigenvalue weighted by atomic mass is 35.5. The molecule has 3 N–H and O–H groups in total. The summed E-state index contributed by atoms with van der Waals surface area (Å²) < 4.78 is 65.2. The summed E-state index contributed by atoms with van der Waals surface area (Å²) in [4.78, 5) is 12.9. The molecule has 3 rings (SSSR count). The Morgan fingerprint density at radius 1 is 1.06 bits per heavy atom. The molecule has 0 saturated carbocycles. The Hall–Kier alpha value is -3.31. The number of halogens is 4. The van der Waals surface area contributed by atoms with E-state index in [0.29, 0.717) is 0 Å². The molecule has 0 bridgehead atoms. The van der Waals surface area contributed by atoms with Gasteiger partial charge < -0.3 is 15.1 Å². The van der Waals surface area contributed by atoms with Crippen LogP contribution in [0.15, 0.2) is 59.7 Å². The van der Waals surface area contributed by atoms with E-state index in [4.69, 9.17) is 17.4 Å². The van der Waals surface area contributed by atoms with Gasteiger partial charge in [0.05, 0.1) is 5.02 Å². The van der Waals surface area contributed by atoms with Crippen molar-refractivity contribution in [3.63, 3.8) is 0 Å². The van der Waals surface area contributed by atoms with E-state index < -0.39 is 27.2 Å². The molecule has 31 heavy (non-hydrogen) atoms. The average Bonchev–Trinajstić information content (AvgIpc) is 2.71. The second-order valence-electron chi connectivity index (χ2n) is 6.11. The van der Waals surface area contributed by atoms with Gasteiger partial charge >= 0.3 is 15.6 Å². The fourth-order valence-electron chi connectivity index (χ4n) is 2.75. The molecule has 0 atom stereocenters. The third-order valence-electron chi connectivity index (χ3n) is 4.18. The first-order chi connectivity index (χ1) is 14.5. The molecule has 0 radical (unpaired) electrons. The van der Waals surface area contributed by atoms with Gasteiger partial charge in [-0.3, -0.25) is 4.79 Å². The molecule has 0 aliphatic heterocycles. The zero-order valence-corrected chi connectivity index (χ0v) is 16.8. The lowest BCUT2D eigenvalue weighted by atomic mass is 9.95. The van der Waals surface area contributed by atoms with Gasteiger partial charge in [0.25, 0.3) is 0 Å². The minimum Gasteiger partial charge on any atom is -0.506 e. The van der Waals surface area contributed by atoms with E-state index in [1.165, 1.54) is 42.5 Å². The molecular formula is C19H12ClF3N2O5S. The molecule has 0 aliphatic carbocycles. The van der Waals surface area contributed by atoms with E-state index in [-0.39, 0.29) is 38.4 Å². The van der Waals surface area contributed by atoms with E-state index in [9.17, 15) is 31.5 Å². The lowest BCUT2D eigenvalue weighted by molar-refractivity contribution is -0.0499. The van der Waals surface area contributed by atoms with Crippen LogP contribution in [0.25, 0.3) is 10.8 Å². The monoisotopic (exact) mass is 472 g/mol. The number of carbonyl (C=O) groups excluding carboxylic acids is 1. The summed E-state index contributed by atoms with van der Waals surface area (Å²) in [5.41, 5.74) is -5.74. The molecule has 0 saturated heterocycles. The van der Waals surface area contributed by atoms with E-state index in [1.54, 1.807) is 0 Å². The van der Waals surface area contributed by atoms with Crippen LogP contribution in [0.3, 0.4) is 0 Å².